The summed E-state index contributed by atoms with van der Waals surface area (Å²) in [6.07, 6.45) is 2.19. The van der Waals surface area contributed by atoms with Crippen molar-refractivity contribution in [3.63, 3.8) is 0 Å². The van der Waals surface area contributed by atoms with E-state index in [0.29, 0.717) is 6.61 Å². The van der Waals surface area contributed by atoms with Crippen LogP contribution in [0.4, 0.5) is 0 Å². The van der Waals surface area contributed by atoms with Crippen molar-refractivity contribution in [2.24, 2.45) is 0 Å². The van der Waals surface area contributed by atoms with Gasteiger partial charge in [0.15, 0.2) is 0 Å². The van der Waals surface area contributed by atoms with Gasteiger partial charge in [0, 0.05) is 29.7 Å². The second-order valence-corrected chi connectivity index (χ2v) is 5.06. The van der Waals surface area contributed by atoms with E-state index in [1.165, 1.54) is 5.57 Å². The molecular formula is C14H18BrNO2. The molecule has 0 aliphatic carbocycles. The third kappa shape index (κ3) is 3.83. The van der Waals surface area contributed by atoms with Gasteiger partial charge in [-0.25, -0.2) is 0 Å². The second-order valence-electron chi connectivity index (χ2n) is 4.15. The Kier molecular flexibility index (Phi) is 5.23. The van der Waals surface area contributed by atoms with Crippen LogP contribution in [0.2, 0.25) is 0 Å². The lowest BCUT2D eigenvalue weighted by Gasteiger charge is -2.18. The van der Waals surface area contributed by atoms with Gasteiger partial charge in [-0.15, -0.1) is 0 Å². The third-order valence-corrected chi connectivity index (χ3v) is 3.22. The molecule has 4 heteroatoms. The summed E-state index contributed by atoms with van der Waals surface area (Å²) in [7, 11) is 0. The molecule has 0 radical (unpaired) electrons. The molecule has 0 bridgehead atoms. The highest BCUT2D eigenvalue weighted by molar-refractivity contribution is 9.10. The standard InChI is InChI=1S/C14H18BrNO2/c1-2-17-6-5-16-9-11-7-12-8-13(15)3-4-14(12)18-10-11/h3-4,7-8,16H,2,5-6,9-10H2,1H3. The Labute approximate surface area is 116 Å². The maximum absolute atomic E-state index is 5.71. The molecule has 0 saturated carbocycles. The van der Waals surface area contributed by atoms with Gasteiger partial charge in [0.2, 0.25) is 0 Å². The lowest BCUT2D eigenvalue weighted by Crippen LogP contribution is -2.25. The van der Waals surface area contributed by atoms with Gasteiger partial charge in [-0.1, -0.05) is 15.9 Å². The Morgan fingerprint density at radius 3 is 3.17 bits per heavy atom. The topological polar surface area (TPSA) is 30.5 Å². The van der Waals surface area contributed by atoms with Crippen molar-refractivity contribution in [2.45, 2.75) is 6.92 Å². The van der Waals surface area contributed by atoms with Gasteiger partial charge >= 0.3 is 0 Å². The Bertz CT molecular complexity index is 432. The van der Waals surface area contributed by atoms with Gasteiger partial charge < -0.3 is 14.8 Å². The molecule has 1 heterocycles. The van der Waals surface area contributed by atoms with E-state index >= 15 is 0 Å². The number of hydrogen-bond acceptors (Lipinski definition) is 3. The molecule has 1 aliphatic rings. The van der Waals surface area contributed by atoms with Crippen molar-refractivity contribution in [3.8, 4) is 5.75 Å². The van der Waals surface area contributed by atoms with E-state index in [9.17, 15) is 0 Å². The molecule has 98 valence electrons. The summed E-state index contributed by atoms with van der Waals surface area (Å²) < 4.78 is 12.1. The molecule has 1 aromatic rings. The number of ether oxygens (including phenoxy) is 2. The molecule has 0 saturated heterocycles. The highest BCUT2D eigenvalue weighted by atomic mass is 79.9. The van der Waals surface area contributed by atoms with Crippen molar-refractivity contribution in [1.29, 1.82) is 0 Å². The monoisotopic (exact) mass is 311 g/mol. The minimum Gasteiger partial charge on any atom is -0.489 e. The van der Waals surface area contributed by atoms with Crippen LogP contribution in [0.3, 0.4) is 0 Å². The summed E-state index contributed by atoms with van der Waals surface area (Å²) in [5.41, 5.74) is 2.40. The summed E-state index contributed by atoms with van der Waals surface area (Å²) in [6, 6.07) is 6.07. The van der Waals surface area contributed by atoms with Gasteiger partial charge in [-0.3, -0.25) is 0 Å². The van der Waals surface area contributed by atoms with E-state index in [1.807, 2.05) is 19.1 Å². The van der Waals surface area contributed by atoms with Gasteiger partial charge in [-0.2, -0.15) is 0 Å². The molecule has 2 rings (SSSR count). The fourth-order valence-corrected chi connectivity index (χ4v) is 2.21. The fraction of sp³-hybridized carbons (Fsp3) is 0.429. The first-order valence-corrected chi connectivity index (χ1v) is 6.99. The highest BCUT2D eigenvalue weighted by Gasteiger charge is 2.11. The first kappa shape index (κ1) is 13.6. The van der Waals surface area contributed by atoms with Crippen LogP contribution in [0.1, 0.15) is 12.5 Å². The van der Waals surface area contributed by atoms with Crippen molar-refractivity contribution in [3.05, 3.63) is 33.8 Å². The van der Waals surface area contributed by atoms with Gasteiger partial charge in [-0.05, 0) is 36.8 Å². The van der Waals surface area contributed by atoms with Crippen molar-refractivity contribution < 1.29 is 9.47 Å². The lowest BCUT2D eigenvalue weighted by atomic mass is 10.1. The molecule has 0 aromatic heterocycles. The molecule has 3 nitrogen and oxygen atoms in total. The first-order valence-electron chi connectivity index (χ1n) is 6.20. The predicted molar refractivity (Wildman–Crippen MR) is 77.0 cm³/mol. The van der Waals surface area contributed by atoms with Crippen LogP contribution in [-0.4, -0.2) is 32.9 Å². The van der Waals surface area contributed by atoms with E-state index in [0.717, 1.165) is 42.1 Å². The minimum absolute atomic E-state index is 0.663. The molecule has 0 atom stereocenters. The Balaban J connectivity index is 1.87. The van der Waals surface area contributed by atoms with Crippen molar-refractivity contribution >= 4 is 22.0 Å². The van der Waals surface area contributed by atoms with Crippen molar-refractivity contribution in [1.82, 2.24) is 5.32 Å². The van der Waals surface area contributed by atoms with Crippen LogP contribution in [0.15, 0.2) is 28.2 Å². The van der Waals surface area contributed by atoms with Crippen LogP contribution < -0.4 is 10.1 Å². The van der Waals surface area contributed by atoms with E-state index < -0.39 is 0 Å². The van der Waals surface area contributed by atoms with Crippen molar-refractivity contribution in [2.75, 3.05) is 32.9 Å². The molecule has 1 N–H and O–H groups in total. The van der Waals surface area contributed by atoms with E-state index in [-0.39, 0.29) is 0 Å². The molecule has 0 amide bonds. The zero-order valence-electron chi connectivity index (χ0n) is 10.5. The van der Waals surface area contributed by atoms with Crippen LogP contribution in [-0.2, 0) is 4.74 Å². The number of hydrogen-bond donors (Lipinski definition) is 1. The third-order valence-electron chi connectivity index (χ3n) is 2.72. The van der Waals surface area contributed by atoms with E-state index in [4.69, 9.17) is 9.47 Å². The van der Waals surface area contributed by atoms with Gasteiger partial charge in [0.1, 0.15) is 12.4 Å². The summed E-state index contributed by atoms with van der Waals surface area (Å²) >= 11 is 3.47. The number of fused-ring (bicyclic) bond motifs is 1. The maximum Gasteiger partial charge on any atom is 0.127 e. The van der Waals surface area contributed by atoms with Crippen LogP contribution >= 0.6 is 15.9 Å². The number of rotatable bonds is 6. The summed E-state index contributed by atoms with van der Waals surface area (Å²) in [6.45, 7) is 5.92. The number of nitrogens with one attached hydrogen (secondary N) is 1. The van der Waals surface area contributed by atoms with Gasteiger partial charge in [0.25, 0.3) is 0 Å². The Morgan fingerprint density at radius 1 is 1.44 bits per heavy atom. The molecule has 1 aromatic carbocycles. The first-order chi connectivity index (χ1) is 8.79. The molecule has 1 aliphatic heterocycles. The normalized spacial score (nSPS) is 13.8. The summed E-state index contributed by atoms with van der Waals surface area (Å²) in [4.78, 5) is 0. The Hall–Kier alpha value is -0.840. The molecule has 18 heavy (non-hydrogen) atoms. The fourth-order valence-electron chi connectivity index (χ4n) is 1.84. The molecule has 0 spiro atoms. The SMILES string of the molecule is CCOCCNCC1=Cc2cc(Br)ccc2OC1. The molecular weight excluding hydrogens is 294 g/mol. The quantitative estimate of drug-likeness (QED) is 0.820. The average molecular weight is 312 g/mol. The van der Waals surface area contributed by atoms with Crippen LogP contribution in [0, 0.1) is 0 Å². The highest BCUT2D eigenvalue weighted by Crippen LogP contribution is 2.28. The lowest BCUT2D eigenvalue weighted by molar-refractivity contribution is 0.150. The van der Waals surface area contributed by atoms with E-state index in [2.05, 4.69) is 33.4 Å². The number of benzene rings is 1. The smallest absolute Gasteiger partial charge is 0.127 e. The average Bonchev–Trinajstić information content (AvgIpc) is 2.38. The van der Waals surface area contributed by atoms with Crippen LogP contribution in [0.25, 0.3) is 6.08 Å². The minimum atomic E-state index is 0.663. The largest absolute Gasteiger partial charge is 0.489 e. The van der Waals surface area contributed by atoms with Crippen LogP contribution in [0.5, 0.6) is 5.75 Å². The predicted octanol–water partition coefficient (Wildman–Crippen LogP) is 2.85. The van der Waals surface area contributed by atoms with Gasteiger partial charge in [0.05, 0.1) is 6.61 Å². The maximum atomic E-state index is 5.71. The zero-order valence-corrected chi connectivity index (χ0v) is 12.1. The zero-order chi connectivity index (χ0) is 12.8. The number of halogens is 1. The molecule has 0 fully saturated rings. The summed E-state index contributed by atoms with van der Waals surface area (Å²) in [5.74, 6) is 0.955. The Morgan fingerprint density at radius 2 is 2.33 bits per heavy atom. The second kappa shape index (κ2) is 6.92. The summed E-state index contributed by atoms with van der Waals surface area (Å²) in [5, 5.41) is 3.35. The van der Waals surface area contributed by atoms with E-state index in [1.54, 1.807) is 0 Å². The molecule has 0 unspecified atom stereocenters.